The number of hydrogen-bond donors (Lipinski definition) is 1. The molecule has 0 bridgehead atoms. The van der Waals surface area contributed by atoms with Crippen LogP contribution in [0.4, 0.5) is 10.1 Å². The van der Waals surface area contributed by atoms with Gasteiger partial charge in [0.05, 0.1) is 5.75 Å². The smallest absolute Gasteiger partial charge is 0.234 e. The van der Waals surface area contributed by atoms with Crippen LogP contribution in [0.15, 0.2) is 90.1 Å². The number of hydrogen-bond acceptors (Lipinski definition) is 4. The molecule has 1 amide bonds. The van der Waals surface area contributed by atoms with E-state index in [1.807, 2.05) is 32.2 Å². The first-order valence-corrected chi connectivity index (χ1v) is 11.4. The predicted molar refractivity (Wildman–Crippen MR) is 130 cm³/mol. The molecule has 0 radical (unpaired) electrons. The predicted octanol–water partition coefficient (Wildman–Crippen LogP) is 7.08. The molecular formula is C26H25FN2O2S. The number of carbonyl (C=O) groups excluding carboxylic acids is 1. The second-order valence-corrected chi connectivity index (χ2v) is 7.69. The van der Waals surface area contributed by atoms with E-state index in [-0.39, 0.29) is 11.7 Å². The van der Waals surface area contributed by atoms with Crippen LogP contribution in [0.25, 0.3) is 5.57 Å². The Morgan fingerprint density at radius 3 is 2.62 bits per heavy atom. The van der Waals surface area contributed by atoms with E-state index in [4.69, 9.17) is 4.74 Å². The van der Waals surface area contributed by atoms with E-state index in [0.29, 0.717) is 22.9 Å². The van der Waals surface area contributed by atoms with Crippen molar-refractivity contribution in [2.45, 2.75) is 20.3 Å². The first-order valence-electron chi connectivity index (χ1n) is 10.4. The Hall–Kier alpha value is -3.38. The van der Waals surface area contributed by atoms with Crippen LogP contribution >= 0.6 is 11.8 Å². The molecule has 2 aromatic carbocycles. The lowest BCUT2D eigenvalue weighted by Crippen LogP contribution is -2.13. The highest BCUT2D eigenvalue weighted by molar-refractivity contribution is 8.03. The van der Waals surface area contributed by atoms with Gasteiger partial charge in [0.1, 0.15) is 17.3 Å². The number of allylic oxidation sites excluding steroid dienone is 3. The molecule has 0 saturated heterocycles. The summed E-state index contributed by atoms with van der Waals surface area (Å²) < 4.78 is 18.8. The fourth-order valence-electron chi connectivity index (χ4n) is 2.97. The quantitative estimate of drug-likeness (QED) is 0.419. The third-order valence-electron chi connectivity index (χ3n) is 4.41. The van der Waals surface area contributed by atoms with Crippen LogP contribution in [-0.4, -0.2) is 16.6 Å². The standard InChI is InChI=1S/C24H19FN2O2S.C2H6/c25-19-4-1-5-22(14-19)29-21-9-7-20(8-10-21)27-24(28)16-30-23-11-6-17(13-23)18-3-2-12-26-15-18;1-2/h1-5,7-15H,6,16H2,(H,27,28);1-2H3. The molecule has 0 spiro atoms. The van der Waals surface area contributed by atoms with Gasteiger partial charge in [-0.3, -0.25) is 9.78 Å². The van der Waals surface area contributed by atoms with Crippen LogP contribution in [0.3, 0.4) is 0 Å². The number of carbonyl (C=O) groups is 1. The summed E-state index contributed by atoms with van der Waals surface area (Å²) in [5, 5.41) is 2.88. The van der Waals surface area contributed by atoms with Gasteiger partial charge in [0.25, 0.3) is 0 Å². The fraction of sp³-hybridized carbons (Fsp3) is 0.154. The molecule has 1 heterocycles. The van der Waals surface area contributed by atoms with Crippen molar-refractivity contribution in [3.05, 3.63) is 101 Å². The zero-order valence-corrected chi connectivity index (χ0v) is 18.9. The van der Waals surface area contributed by atoms with Crippen molar-refractivity contribution in [3.8, 4) is 11.5 Å². The molecule has 164 valence electrons. The highest BCUT2D eigenvalue weighted by Crippen LogP contribution is 2.32. The van der Waals surface area contributed by atoms with Crippen molar-refractivity contribution in [1.82, 2.24) is 4.98 Å². The molecule has 1 N–H and O–H groups in total. The van der Waals surface area contributed by atoms with Gasteiger partial charge in [0.2, 0.25) is 5.91 Å². The summed E-state index contributed by atoms with van der Waals surface area (Å²) in [5.74, 6) is 0.880. The van der Waals surface area contributed by atoms with Gasteiger partial charge in [0.15, 0.2) is 0 Å². The largest absolute Gasteiger partial charge is 0.457 e. The van der Waals surface area contributed by atoms with Gasteiger partial charge in [-0.05, 0) is 66.1 Å². The van der Waals surface area contributed by atoms with E-state index in [1.54, 1.807) is 42.6 Å². The lowest BCUT2D eigenvalue weighted by Gasteiger charge is -2.08. The number of ether oxygens (including phenoxy) is 1. The minimum atomic E-state index is -0.353. The first-order chi connectivity index (χ1) is 15.7. The van der Waals surface area contributed by atoms with Gasteiger partial charge in [-0.25, -0.2) is 4.39 Å². The molecule has 32 heavy (non-hydrogen) atoms. The van der Waals surface area contributed by atoms with Crippen molar-refractivity contribution >= 4 is 28.9 Å². The highest BCUT2D eigenvalue weighted by atomic mass is 32.2. The number of pyridine rings is 1. The normalized spacial score (nSPS) is 12.2. The average molecular weight is 449 g/mol. The Kier molecular flexibility index (Phi) is 8.63. The maximum atomic E-state index is 13.2. The van der Waals surface area contributed by atoms with Gasteiger partial charge in [-0.1, -0.05) is 32.1 Å². The second kappa shape index (κ2) is 11.9. The second-order valence-electron chi connectivity index (χ2n) is 6.64. The van der Waals surface area contributed by atoms with E-state index in [2.05, 4.69) is 22.5 Å². The van der Waals surface area contributed by atoms with E-state index in [0.717, 1.165) is 16.9 Å². The molecule has 4 nitrogen and oxygen atoms in total. The number of anilines is 1. The van der Waals surface area contributed by atoms with E-state index < -0.39 is 0 Å². The molecule has 0 unspecified atom stereocenters. The topological polar surface area (TPSA) is 51.2 Å². The Labute approximate surface area is 192 Å². The molecule has 3 aromatic rings. The molecule has 0 saturated carbocycles. The number of halogens is 1. The number of rotatable bonds is 7. The molecule has 0 aliphatic heterocycles. The number of amides is 1. The molecule has 6 heteroatoms. The summed E-state index contributed by atoms with van der Waals surface area (Å²) in [6.07, 6.45) is 8.68. The minimum absolute atomic E-state index is 0.0806. The molecular weight excluding hydrogens is 423 g/mol. The van der Waals surface area contributed by atoms with Gasteiger partial charge in [0, 0.05) is 29.1 Å². The Balaban J connectivity index is 0.00000141. The molecule has 1 aliphatic carbocycles. The van der Waals surface area contributed by atoms with Crippen molar-refractivity contribution in [2.24, 2.45) is 0 Å². The van der Waals surface area contributed by atoms with Gasteiger partial charge >= 0.3 is 0 Å². The summed E-state index contributed by atoms with van der Waals surface area (Å²) in [4.78, 5) is 17.5. The Morgan fingerprint density at radius 1 is 1.09 bits per heavy atom. The zero-order chi connectivity index (χ0) is 22.8. The lowest BCUT2D eigenvalue weighted by atomic mass is 10.1. The van der Waals surface area contributed by atoms with E-state index in [9.17, 15) is 9.18 Å². The third-order valence-corrected chi connectivity index (χ3v) is 5.44. The lowest BCUT2D eigenvalue weighted by molar-refractivity contribution is -0.113. The van der Waals surface area contributed by atoms with Crippen molar-refractivity contribution < 1.29 is 13.9 Å². The van der Waals surface area contributed by atoms with E-state index in [1.165, 1.54) is 29.5 Å². The fourth-order valence-corrected chi connectivity index (χ4v) is 3.77. The molecule has 1 aliphatic rings. The maximum absolute atomic E-state index is 13.2. The van der Waals surface area contributed by atoms with E-state index >= 15 is 0 Å². The monoisotopic (exact) mass is 448 g/mol. The zero-order valence-electron chi connectivity index (χ0n) is 18.0. The van der Waals surface area contributed by atoms with Crippen molar-refractivity contribution in [3.63, 3.8) is 0 Å². The van der Waals surface area contributed by atoms with Crippen LogP contribution in [-0.2, 0) is 4.79 Å². The SMILES string of the molecule is CC.O=C(CSC1=CCC(c2cccnc2)=C1)Nc1ccc(Oc2cccc(F)c2)cc1. The van der Waals surface area contributed by atoms with Crippen LogP contribution < -0.4 is 10.1 Å². The summed E-state index contributed by atoms with van der Waals surface area (Å²) in [6, 6.07) is 16.9. The van der Waals surface area contributed by atoms with Gasteiger partial charge < -0.3 is 10.1 Å². The Bertz CT molecular complexity index is 1100. The Morgan fingerprint density at radius 2 is 1.91 bits per heavy atom. The molecule has 0 atom stereocenters. The molecule has 0 fully saturated rings. The average Bonchev–Trinajstić information content (AvgIpc) is 3.30. The minimum Gasteiger partial charge on any atom is -0.457 e. The summed E-state index contributed by atoms with van der Waals surface area (Å²) in [7, 11) is 0. The van der Waals surface area contributed by atoms with Crippen LogP contribution in [0, 0.1) is 5.82 Å². The number of thioether (sulfide) groups is 1. The maximum Gasteiger partial charge on any atom is 0.234 e. The van der Waals surface area contributed by atoms with Crippen molar-refractivity contribution in [1.29, 1.82) is 0 Å². The summed E-state index contributed by atoms with van der Waals surface area (Å²) in [6.45, 7) is 4.00. The summed E-state index contributed by atoms with van der Waals surface area (Å²) in [5.41, 5.74) is 2.99. The van der Waals surface area contributed by atoms with Crippen LogP contribution in [0.1, 0.15) is 25.8 Å². The number of aromatic nitrogens is 1. The number of nitrogens with zero attached hydrogens (tertiary/aromatic N) is 1. The van der Waals surface area contributed by atoms with Gasteiger partial charge in [-0.15, -0.1) is 11.8 Å². The number of nitrogens with one attached hydrogen (secondary N) is 1. The van der Waals surface area contributed by atoms with Gasteiger partial charge in [-0.2, -0.15) is 0 Å². The van der Waals surface area contributed by atoms with Crippen molar-refractivity contribution in [2.75, 3.05) is 11.1 Å². The van der Waals surface area contributed by atoms with Crippen LogP contribution in [0.2, 0.25) is 0 Å². The third kappa shape index (κ3) is 6.82. The molecule has 1 aromatic heterocycles. The summed E-state index contributed by atoms with van der Waals surface area (Å²) >= 11 is 1.51. The van der Waals surface area contributed by atoms with Crippen LogP contribution in [0.5, 0.6) is 11.5 Å². The highest BCUT2D eigenvalue weighted by Gasteiger charge is 2.11. The first kappa shape index (κ1) is 23.3. The molecule has 4 rings (SSSR count). The number of benzene rings is 2.